The van der Waals surface area contributed by atoms with Crippen molar-refractivity contribution in [3.63, 3.8) is 0 Å². The molecule has 0 aliphatic rings. The van der Waals surface area contributed by atoms with Gasteiger partial charge in [-0.1, -0.05) is 29.4 Å². The number of alkyl halides is 3. The molecule has 0 spiro atoms. The first-order valence-corrected chi connectivity index (χ1v) is 6.80. The molecule has 8 heteroatoms. The standard InChI is InChI=1S/C16H11F3N3O2/c1-23-13-8-3-2-7-12(13)20-11-6-4-5-10(9-11)14-21-15(24-22-14)16(17,18)19/h2-5,7-9,20H,1H3. The van der Waals surface area contributed by atoms with Crippen LogP contribution in [0.5, 0.6) is 5.75 Å². The van der Waals surface area contributed by atoms with Gasteiger partial charge in [-0.3, -0.25) is 0 Å². The van der Waals surface area contributed by atoms with E-state index in [1.165, 1.54) is 0 Å². The van der Waals surface area contributed by atoms with E-state index < -0.39 is 12.1 Å². The van der Waals surface area contributed by atoms with Crippen molar-refractivity contribution >= 4 is 11.4 Å². The highest BCUT2D eigenvalue weighted by Crippen LogP contribution is 2.31. The van der Waals surface area contributed by atoms with Crippen LogP contribution in [0.1, 0.15) is 5.89 Å². The number of halogens is 3. The van der Waals surface area contributed by atoms with Gasteiger partial charge in [0, 0.05) is 17.3 Å². The summed E-state index contributed by atoms with van der Waals surface area (Å²) in [5, 5.41) is 6.44. The van der Waals surface area contributed by atoms with E-state index in [9.17, 15) is 13.2 Å². The molecule has 5 nitrogen and oxygen atoms in total. The molecule has 0 saturated carbocycles. The fourth-order valence-electron chi connectivity index (χ4n) is 2.03. The average Bonchev–Trinajstić information content (AvgIpc) is 3.06. The van der Waals surface area contributed by atoms with Crippen LogP contribution >= 0.6 is 0 Å². The van der Waals surface area contributed by atoms with Gasteiger partial charge in [0.1, 0.15) is 5.75 Å². The van der Waals surface area contributed by atoms with Crippen molar-refractivity contribution in [3.8, 4) is 17.1 Å². The van der Waals surface area contributed by atoms with Crippen LogP contribution in [0.15, 0.2) is 47.0 Å². The Morgan fingerprint density at radius 2 is 2.00 bits per heavy atom. The number of rotatable bonds is 4. The molecule has 0 unspecified atom stereocenters. The van der Waals surface area contributed by atoms with Gasteiger partial charge < -0.3 is 14.6 Å². The van der Waals surface area contributed by atoms with E-state index in [0.29, 0.717) is 22.7 Å². The second-order valence-corrected chi connectivity index (χ2v) is 4.74. The van der Waals surface area contributed by atoms with Crippen LogP contribution in [0.25, 0.3) is 11.4 Å². The minimum Gasteiger partial charge on any atom is -0.495 e. The SMILES string of the molecule is COc1ccccc1Nc1[c]ccc(-c2noc(C(F)(F)F)n2)c1. The third kappa shape index (κ3) is 3.32. The molecule has 2 aromatic carbocycles. The van der Waals surface area contributed by atoms with Crippen LogP contribution in [0.2, 0.25) is 0 Å². The molecule has 1 aromatic heterocycles. The van der Waals surface area contributed by atoms with Gasteiger partial charge in [0.05, 0.1) is 12.8 Å². The highest BCUT2D eigenvalue weighted by molar-refractivity contribution is 5.69. The number of methoxy groups -OCH3 is 1. The van der Waals surface area contributed by atoms with Gasteiger partial charge in [0.15, 0.2) is 0 Å². The van der Waals surface area contributed by atoms with E-state index in [0.717, 1.165) is 0 Å². The first-order valence-electron chi connectivity index (χ1n) is 6.80. The zero-order valence-electron chi connectivity index (χ0n) is 12.4. The quantitative estimate of drug-likeness (QED) is 0.770. The third-order valence-corrected chi connectivity index (χ3v) is 3.10. The molecule has 0 aliphatic carbocycles. The lowest BCUT2D eigenvalue weighted by Gasteiger charge is -2.11. The predicted octanol–water partition coefficient (Wildman–Crippen LogP) is 4.31. The highest BCUT2D eigenvalue weighted by Gasteiger charge is 2.38. The van der Waals surface area contributed by atoms with Gasteiger partial charge in [0.2, 0.25) is 5.82 Å². The lowest BCUT2D eigenvalue weighted by molar-refractivity contribution is -0.159. The Balaban J connectivity index is 1.88. The van der Waals surface area contributed by atoms with E-state index in [-0.39, 0.29) is 5.82 Å². The highest BCUT2D eigenvalue weighted by atomic mass is 19.4. The monoisotopic (exact) mass is 334 g/mol. The molecule has 0 amide bonds. The number of benzene rings is 2. The zero-order valence-corrected chi connectivity index (χ0v) is 12.4. The molecule has 3 rings (SSSR count). The minimum absolute atomic E-state index is 0.153. The summed E-state index contributed by atoms with van der Waals surface area (Å²) in [6.45, 7) is 0. The van der Waals surface area contributed by atoms with Gasteiger partial charge >= 0.3 is 12.1 Å². The number of para-hydroxylation sites is 2. The molecule has 3 aromatic rings. The predicted molar refractivity (Wildman–Crippen MR) is 79.8 cm³/mol. The van der Waals surface area contributed by atoms with Gasteiger partial charge in [-0.25, -0.2) is 0 Å². The summed E-state index contributed by atoms with van der Waals surface area (Å²) in [5.74, 6) is -0.917. The lowest BCUT2D eigenvalue weighted by atomic mass is 10.2. The Kier molecular flexibility index (Phi) is 4.11. The van der Waals surface area contributed by atoms with Crippen LogP contribution in [0.4, 0.5) is 24.5 Å². The maximum atomic E-state index is 12.5. The fourth-order valence-corrected chi connectivity index (χ4v) is 2.03. The Hall–Kier alpha value is -3.03. The summed E-state index contributed by atoms with van der Waals surface area (Å²) in [4.78, 5) is 3.36. The molecular weight excluding hydrogens is 323 g/mol. The van der Waals surface area contributed by atoms with Crippen molar-refractivity contribution in [3.05, 3.63) is 54.4 Å². The molecule has 123 valence electrons. The topological polar surface area (TPSA) is 60.2 Å². The van der Waals surface area contributed by atoms with E-state index >= 15 is 0 Å². The van der Waals surface area contributed by atoms with Crippen molar-refractivity contribution in [2.45, 2.75) is 6.18 Å². The summed E-state index contributed by atoms with van der Waals surface area (Å²) in [6, 6.07) is 14.8. The number of nitrogens with zero attached hydrogens (tertiary/aromatic N) is 2. The Morgan fingerprint density at radius 3 is 2.71 bits per heavy atom. The summed E-state index contributed by atoms with van der Waals surface area (Å²) in [6.07, 6.45) is -4.68. The van der Waals surface area contributed by atoms with Gasteiger partial charge in [0.25, 0.3) is 0 Å². The minimum atomic E-state index is -4.68. The lowest BCUT2D eigenvalue weighted by Crippen LogP contribution is -2.04. The van der Waals surface area contributed by atoms with Crippen LogP contribution in [-0.2, 0) is 6.18 Å². The van der Waals surface area contributed by atoms with E-state index in [2.05, 4.69) is 26.0 Å². The number of aromatic nitrogens is 2. The molecule has 0 saturated heterocycles. The maximum Gasteiger partial charge on any atom is 0.471 e. The molecule has 1 N–H and O–H groups in total. The second kappa shape index (κ2) is 6.23. The van der Waals surface area contributed by atoms with Crippen molar-refractivity contribution < 1.29 is 22.4 Å². The van der Waals surface area contributed by atoms with Gasteiger partial charge in [-0.15, -0.1) is 0 Å². The first kappa shape index (κ1) is 15.9. The molecule has 24 heavy (non-hydrogen) atoms. The van der Waals surface area contributed by atoms with Crippen molar-refractivity contribution in [1.82, 2.24) is 10.1 Å². The molecule has 0 bridgehead atoms. The number of hydrogen-bond donors (Lipinski definition) is 1. The molecule has 0 atom stereocenters. The van der Waals surface area contributed by atoms with E-state index in [1.54, 1.807) is 37.4 Å². The van der Waals surface area contributed by atoms with E-state index in [4.69, 9.17) is 4.74 Å². The molecule has 1 heterocycles. The normalized spacial score (nSPS) is 11.3. The maximum absolute atomic E-state index is 12.5. The van der Waals surface area contributed by atoms with Crippen LogP contribution in [0.3, 0.4) is 0 Å². The largest absolute Gasteiger partial charge is 0.495 e. The molecular formula is C16H11F3N3O2. The van der Waals surface area contributed by atoms with Crippen molar-refractivity contribution in [1.29, 1.82) is 0 Å². The Morgan fingerprint density at radius 1 is 1.21 bits per heavy atom. The first-order chi connectivity index (χ1) is 11.5. The smallest absolute Gasteiger partial charge is 0.471 e. The Bertz CT molecular complexity index is 846. The summed E-state index contributed by atoms with van der Waals surface area (Å²) in [5.41, 5.74) is 1.58. The number of ether oxygens (including phenoxy) is 1. The van der Waals surface area contributed by atoms with Crippen LogP contribution in [0, 0.1) is 6.07 Å². The number of hydrogen-bond acceptors (Lipinski definition) is 5. The summed E-state index contributed by atoms with van der Waals surface area (Å²) < 4.78 is 47.1. The summed E-state index contributed by atoms with van der Waals surface area (Å²) >= 11 is 0. The average molecular weight is 334 g/mol. The van der Waals surface area contributed by atoms with E-state index in [1.807, 2.05) is 12.1 Å². The zero-order chi connectivity index (χ0) is 17.2. The number of anilines is 2. The second-order valence-electron chi connectivity index (χ2n) is 4.74. The van der Waals surface area contributed by atoms with Gasteiger partial charge in [-0.05, 0) is 18.2 Å². The molecule has 1 radical (unpaired) electrons. The van der Waals surface area contributed by atoms with Crippen molar-refractivity contribution in [2.24, 2.45) is 0 Å². The third-order valence-electron chi connectivity index (χ3n) is 3.10. The van der Waals surface area contributed by atoms with Crippen LogP contribution < -0.4 is 10.1 Å². The number of nitrogens with one attached hydrogen (secondary N) is 1. The Labute approximate surface area is 135 Å². The van der Waals surface area contributed by atoms with Crippen LogP contribution in [-0.4, -0.2) is 17.3 Å². The van der Waals surface area contributed by atoms with Gasteiger partial charge in [-0.2, -0.15) is 18.2 Å². The fraction of sp³-hybridized carbons (Fsp3) is 0.125. The van der Waals surface area contributed by atoms with Crippen molar-refractivity contribution in [2.75, 3.05) is 12.4 Å². The summed E-state index contributed by atoms with van der Waals surface area (Å²) in [7, 11) is 1.54. The molecule has 0 fully saturated rings. The molecule has 0 aliphatic heterocycles.